The molecule has 0 radical (unpaired) electrons. The van der Waals surface area contributed by atoms with Crippen LogP contribution in [0.1, 0.15) is 5.56 Å². The predicted octanol–water partition coefficient (Wildman–Crippen LogP) is 2.00. The van der Waals surface area contributed by atoms with Crippen LogP contribution in [0.2, 0.25) is 0 Å². The molecule has 0 heterocycles. The summed E-state index contributed by atoms with van der Waals surface area (Å²) in [6, 6.07) is 6.49. The maximum absolute atomic E-state index is 10.5. The average Bonchev–Trinajstić information content (AvgIpc) is 2.15. The first kappa shape index (κ1) is 10.0. The van der Waals surface area contributed by atoms with E-state index in [2.05, 4.69) is 12.6 Å². The molecular weight excluding hydrogens is 190 g/mol. The summed E-state index contributed by atoms with van der Waals surface area (Å²) >= 11 is 3.84. The molecule has 70 valence electrons. The molecule has 0 bridgehead atoms. The Hall–Kier alpha value is -1.07. The van der Waals surface area contributed by atoms with E-state index in [0.717, 1.165) is 0 Å². The zero-order chi connectivity index (χ0) is 9.68. The largest absolute Gasteiger partial charge is 0.366 e. The smallest absolute Gasteiger partial charge is 0.274 e. The van der Waals surface area contributed by atoms with E-state index >= 15 is 0 Å². The van der Waals surface area contributed by atoms with Gasteiger partial charge >= 0.3 is 0 Å². The predicted molar refractivity (Wildman–Crippen MR) is 51.7 cm³/mol. The molecule has 0 unspecified atom stereocenters. The molecule has 13 heavy (non-hydrogen) atoms. The van der Waals surface area contributed by atoms with Crippen molar-refractivity contribution in [1.82, 2.24) is 0 Å². The number of hydrogen-bond acceptors (Lipinski definition) is 4. The Kier molecular flexibility index (Phi) is 3.72. The quantitative estimate of drug-likeness (QED) is 0.349. The molecule has 0 amide bonds. The molecule has 0 aromatic heterocycles. The summed E-state index contributed by atoms with van der Waals surface area (Å²) in [5.74, 6) is 0.256. The average molecular weight is 199 g/mol. The summed E-state index contributed by atoms with van der Waals surface area (Å²) in [6.45, 7) is 0.223. The highest BCUT2D eigenvalue weighted by atomic mass is 32.1. The summed E-state index contributed by atoms with van der Waals surface area (Å²) in [6.07, 6.45) is 0. The van der Waals surface area contributed by atoms with Gasteiger partial charge in [-0.3, -0.25) is 10.1 Å². The van der Waals surface area contributed by atoms with Gasteiger partial charge in [-0.15, -0.1) is 0 Å². The van der Waals surface area contributed by atoms with Crippen LogP contribution in [0.4, 0.5) is 5.69 Å². The third-order valence-corrected chi connectivity index (χ3v) is 1.72. The van der Waals surface area contributed by atoms with Gasteiger partial charge in [0.05, 0.1) is 23.0 Å². The SMILES string of the molecule is O=[N+]([O-])c1ccccc1COCS. The number of benzene rings is 1. The minimum Gasteiger partial charge on any atom is -0.366 e. The molecule has 0 N–H and O–H groups in total. The Labute approximate surface area is 81.1 Å². The van der Waals surface area contributed by atoms with Crippen molar-refractivity contribution in [2.24, 2.45) is 0 Å². The van der Waals surface area contributed by atoms with Crippen LogP contribution in [0.5, 0.6) is 0 Å². The second-order valence-corrected chi connectivity index (χ2v) is 2.62. The summed E-state index contributed by atoms with van der Waals surface area (Å²) < 4.78 is 4.97. The van der Waals surface area contributed by atoms with Gasteiger partial charge in [0.15, 0.2) is 0 Å². The molecule has 4 nitrogen and oxygen atoms in total. The number of thiol groups is 1. The third kappa shape index (κ3) is 2.71. The number of nitro benzene ring substituents is 1. The molecule has 0 aliphatic carbocycles. The van der Waals surface area contributed by atoms with Crippen LogP contribution in [-0.4, -0.2) is 10.9 Å². The van der Waals surface area contributed by atoms with E-state index in [0.29, 0.717) is 5.56 Å². The topological polar surface area (TPSA) is 52.4 Å². The summed E-state index contributed by atoms with van der Waals surface area (Å²) in [5.41, 5.74) is 0.658. The Morgan fingerprint density at radius 3 is 2.77 bits per heavy atom. The van der Waals surface area contributed by atoms with E-state index in [9.17, 15) is 10.1 Å². The lowest BCUT2D eigenvalue weighted by molar-refractivity contribution is -0.385. The summed E-state index contributed by atoms with van der Waals surface area (Å²) in [5, 5.41) is 10.5. The van der Waals surface area contributed by atoms with E-state index in [4.69, 9.17) is 4.74 Å². The molecule has 0 spiro atoms. The van der Waals surface area contributed by atoms with Crippen LogP contribution in [-0.2, 0) is 11.3 Å². The maximum atomic E-state index is 10.5. The second-order valence-electron chi connectivity index (χ2n) is 2.36. The van der Waals surface area contributed by atoms with Gasteiger partial charge in [-0.1, -0.05) is 12.1 Å². The monoisotopic (exact) mass is 199 g/mol. The van der Waals surface area contributed by atoms with E-state index in [-0.39, 0.29) is 18.2 Å². The first-order chi connectivity index (χ1) is 6.25. The number of rotatable bonds is 4. The van der Waals surface area contributed by atoms with Crippen molar-refractivity contribution in [3.05, 3.63) is 39.9 Å². The van der Waals surface area contributed by atoms with Crippen molar-refractivity contribution in [3.63, 3.8) is 0 Å². The van der Waals surface area contributed by atoms with Crippen LogP contribution >= 0.6 is 12.6 Å². The molecule has 0 aliphatic heterocycles. The fourth-order valence-electron chi connectivity index (χ4n) is 0.967. The minimum absolute atomic E-state index is 0.0873. The molecule has 1 aromatic rings. The van der Waals surface area contributed by atoms with Gasteiger partial charge in [0.2, 0.25) is 0 Å². The van der Waals surface area contributed by atoms with Crippen LogP contribution in [0.25, 0.3) is 0 Å². The maximum Gasteiger partial charge on any atom is 0.274 e. The highest BCUT2D eigenvalue weighted by molar-refractivity contribution is 7.80. The first-order valence-electron chi connectivity index (χ1n) is 3.66. The van der Waals surface area contributed by atoms with Crippen LogP contribution < -0.4 is 0 Å². The van der Waals surface area contributed by atoms with Gasteiger partial charge in [0.1, 0.15) is 0 Å². The Morgan fingerprint density at radius 1 is 1.46 bits per heavy atom. The lowest BCUT2D eigenvalue weighted by atomic mass is 10.2. The zero-order valence-electron chi connectivity index (χ0n) is 6.84. The normalized spacial score (nSPS) is 9.92. The van der Waals surface area contributed by atoms with Crippen molar-refractivity contribution in [2.75, 3.05) is 5.94 Å². The number of nitrogens with zero attached hydrogens (tertiary/aromatic N) is 1. The van der Waals surface area contributed by atoms with Gasteiger partial charge < -0.3 is 4.74 Å². The zero-order valence-corrected chi connectivity index (χ0v) is 7.74. The lowest BCUT2D eigenvalue weighted by Gasteiger charge is -2.01. The second kappa shape index (κ2) is 4.84. The van der Waals surface area contributed by atoms with Gasteiger partial charge in [-0.2, -0.15) is 12.6 Å². The van der Waals surface area contributed by atoms with Gasteiger partial charge in [-0.25, -0.2) is 0 Å². The fourth-order valence-corrected chi connectivity index (χ4v) is 1.06. The van der Waals surface area contributed by atoms with Crippen LogP contribution in [0, 0.1) is 10.1 Å². The van der Waals surface area contributed by atoms with Crippen LogP contribution in [0.15, 0.2) is 24.3 Å². The highest BCUT2D eigenvalue weighted by Gasteiger charge is 2.11. The fraction of sp³-hybridized carbons (Fsp3) is 0.250. The Morgan fingerprint density at radius 2 is 2.15 bits per heavy atom. The van der Waals surface area contributed by atoms with Crippen molar-refractivity contribution in [3.8, 4) is 0 Å². The van der Waals surface area contributed by atoms with Gasteiger partial charge in [-0.05, 0) is 6.07 Å². The highest BCUT2D eigenvalue weighted by Crippen LogP contribution is 2.18. The summed E-state index contributed by atoms with van der Waals surface area (Å²) in [7, 11) is 0. The lowest BCUT2D eigenvalue weighted by Crippen LogP contribution is -1.97. The van der Waals surface area contributed by atoms with E-state index in [1.54, 1.807) is 18.2 Å². The minimum atomic E-state index is -0.419. The van der Waals surface area contributed by atoms with E-state index in [1.807, 2.05) is 0 Å². The molecular formula is C8H9NO3S. The van der Waals surface area contributed by atoms with Gasteiger partial charge in [0, 0.05) is 6.07 Å². The van der Waals surface area contributed by atoms with Gasteiger partial charge in [0.25, 0.3) is 5.69 Å². The van der Waals surface area contributed by atoms with Crippen molar-refractivity contribution < 1.29 is 9.66 Å². The number of hydrogen-bond donors (Lipinski definition) is 1. The molecule has 5 heteroatoms. The molecule has 1 rings (SSSR count). The molecule has 0 saturated carbocycles. The third-order valence-electron chi connectivity index (χ3n) is 1.54. The van der Waals surface area contributed by atoms with Crippen molar-refractivity contribution >= 4 is 18.3 Å². The van der Waals surface area contributed by atoms with Crippen molar-refractivity contribution in [1.29, 1.82) is 0 Å². The first-order valence-corrected chi connectivity index (χ1v) is 4.30. The molecule has 0 saturated heterocycles. The number of ether oxygens (including phenoxy) is 1. The van der Waals surface area contributed by atoms with E-state index < -0.39 is 4.92 Å². The Bertz CT molecular complexity index is 303. The number of para-hydroxylation sites is 1. The standard InChI is InChI=1S/C8H9NO3S/c10-9(11)8-4-2-1-3-7(8)5-12-6-13/h1-4,13H,5-6H2. The van der Waals surface area contributed by atoms with E-state index in [1.165, 1.54) is 6.07 Å². The molecule has 1 aromatic carbocycles. The molecule has 0 aliphatic rings. The molecule has 0 atom stereocenters. The summed E-state index contributed by atoms with van der Waals surface area (Å²) in [4.78, 5) is 10.1. The van der Waals surface area contributed by atoms with Crippen molar-refractivity contribution in [2.45, 2.75) is 6.61 Å². The Balaban J connectivity index is 2.84. The number of nitro groups is 1. The van der Waals surface area contributed by atoms with Crippen LogP contribution in [0.3, 0.4) is 0 Å². The molecule has 0 fully saturated rings.